The van der Waals surface area contributed by atoms with E-state index in [1.165, 1.54) is 0 Å². The first-order valence-corrected chi connectivity index (χ1v) is 4.80. The summed E-state index contributed by atoms with van der Waals surface area (Å²) in [6.45, 7) is 0. The fourth-order valence-electron chi connectivity index (χ4n) is 1.55. The second-order valence-electron chi connectivity index (χ2n) is 3.32. The maximum atomic E-state index is 5.64. The Labute approximate surface area is 89.3 Å². The molecule has 2 N–H and O–H groups in total. The maximum absolute atomic E-state index is 5.64. The lowest BCUT2D eigenvalue weighted by molar-refractivity contribution is 0.416. The Morgan fingerprint density at radius 1 is 0.933 bits per heavy atom. The Balaban J connectivity index is 2.49. The summed E-state index contributed by atoms with van der Waals surface area (Å²) in [6.07, 6.45) is 0. The third-order valence-corrected chi connectivity index (χ3v) is 2.33. The molecule has 0 aliphatic carbocycles. The van der Waals surface area contributed by atoms with Crippen LogP contribution >= 0.6 is 0 Å². The van der Waals surface area contributed by atoms with Crippen LogP contribution in [-0.4, -0.2) is 7.11 Å². The molecule has 15 heavy (non-hydrogen) atoms. The van der Waals surface area contributed by atoms with Gasteiger partial charge in [0.2, 0.25) is 0 Å². The van der Waals surface area contributed by atoms with Crippen LogP contribution < -0.4 is 10.5 Å². The number of anilines is 1. The molecule has 0 heterocycles. The van der Waals surface area contributed by atoms with Crippen LogP contribution in [0.2, 0.25) is 0 Å². The molecule has 0 radical (unpaired) electrons. The Hall–Kier alpha value is -1.96. The average molecular weight is 199 g/mol. The molecule has 0 aromatic heterocycles. The topological polar surface area (TPSA) is 35.2 Å². The lowest BCUT2D eigenvalue weighted by Gasteiger charge is -2.08. The summed E-state index contributed by atoms with van der Waals surface area (Å²) in [7, 11) is 1.68. The third kappa shape index (κ3) is 1.94. The van der Waals surface area contributed by atoms with Gasteiger partial charge >= 0.3 is 0 Å². The molecule has 0 bridgehead atoms. The maximum Gasteiger partial charge on any atom is 0.126 e. The zero-order valence-electron chi connectivity index (χ0n) is 8.60. The summed E-state index contributed by atoms with van der Waals surface area (Å²) in [6, 6.07) is 15.7. The highest BCUT2D eigenvalue weighted by atomic mass is 16.5. The highest BCUT2D eigenvalue weighted by molar-refractivity contribution is 5.71. The van der Waals surface area contributed by atoms with Crippen molar-refractivity contribution < 1.29 is 4.74 Å². The first kappa shape index (κ1) is 9.59. The van der Waals surface area contributed by atoms with Gasteiger partial charge in [-0.2, -0.15) is 0 Å². The summed E-state index contributed by atoms with van der Waals surface area (Å²) >= 11 is 0. The molecule has 2 aromatic rings. The van der Waals surface area contributed by atoms with E-state index in [0.29, 0.717) is 0 Å². The van der Waals surface area contributed by atoms with E-state index in [1.54, 1.807) is 7.11 Å². The van der Waals surface area contributed by atoms with Gasteiger partial charge in [-0.15, -0.1) is 0 Å². The summed E-state index contributed by atoms with van der Waals surface area (Å²) < 4.78 is 5.30. The van der Waals surface area contributed by atoms with Gasteiger partial charge in [-0.3, -0.25) is 0 Å². The first-order chi connectivity index (χ1) is 7.31. The van der Waals surface area contributed by atoms with Crippen molar-refractivity contribution in [1.29, 1.82) is 0 Å². The average Bonchev–Trinajstić information content (AvgIpc) is 2.30. The van der Waals surface area contributed by atoms with Gasteiger partial charge in [0.05, 0.1) is 7.11 Å². The van der Waals surface area contributed by atoms with Crippen LogP contribution in [0, 0.1) is 0 Å². The molecule has 2 nitrogen and oxygen atoms in total. The van der Waals surface area contributed by atoms with Crippen molar-refractivity contribution >= 4 is 5.69 Å². The third-order valence-electron chi connectivity index (χ3n) is 2.33. The largest absolute Gasteiger partial charge is 0.496 e. The predicted octanol–water partition coefficient (Wildman–Crippen LogP) is 2.94. The number of rotatable bonds is 2. The van der Waals surface area contributed by atoms with E-state index in [0.717, 1.165) is 22.6 Å². The number of ether oxygens (including phenoxy) is 1. The van der Waals surface area contributed by atoms with Gasteiger partial charge in [0.15, 0.2) is 0 Å². The lowest BCUT2D eigenvalue weighted by Crippen LogP contribution is -1.88. The van der Waals surface area contributed by atoms with Crippen LogP contribution in [0.4, 0.5) is 5.69 Å². The monoisotopic (exact) mass is 199 g/mol. The minimum Gasteiger partial charge on any atom is -0.496 e. The van der Waals surface area contributed by atoms with Crippen LogP contribution in [0.3, 0.4) is 0 Å². The molecule has 2 heteroatoms. The van der Waals surface area contributed by atoms with Crippen LogP contribution in [0.25, 0.3) is 11.1 Å². The Kier molecular flexibility index (Phi) is 2.59. The molecule has 2 rings (SSSR count). The lowest BCUT2D eigenvalue weighted by atomic mass is 10.0. The van der Waals surface area contributed by atoms with Crippen LogP contribution in [0.1, 0.15) is 0 Å². The van der Waals surface area contributed by atoms with E-state index in [1.807, 2.05) is 48.5 Å². The Bertz CT molecular complexity index is 448. The standard InChI is InChI=1S/C13H13NO/c1-15-13-5-3-2-4-12(13)10-6-8-11(14)9-7-10/h2-9H,14H2,1H3. The molecule has 0 unspecified atom stereocenters. The van der Waals surface area contributed by atoms with Crippen molar-refractivity contribution in [3.63, 3.8) is 0 Å². The number of hydrogen-bond acceptors (Lipinski definition) is 2. The number of hydrogen-bond donors (Lipinski definition) is 1. The molecule has 0 spiro atoms. The van der Waals surface area contributed by atoms with E-state index in [2.05, 4.69) is 0 Å². The smallest absolute Gasteiger partial charge is 0.126 e. The van der Waals surface area contributed by atoms with E-state index in [4.69, 9.17) is 10.5 Å². The molecule has 0 aliphatic rings. The van der Waals surface area contributed by atoms with E-state index < -0.39 is 0 Å². The molecule has 2 aromatic carbocycles. The minimum absolute atomic E-state index is 0.772. The van der Waals surface area contributed by atoms with Gasteiger partial charge in [0.25, 0.3) is 0 Å². The van der Waals surface area contributed by atoms with Gasteiger partial charge in [-0.05, 0) is 23.8 Å². The van der Waals surface area contributed by atoms with Gasteiger partial charge in [-0.1, -0.05) is 30.3 Å². The molecule has 0 aliphatic heterocycles. The number of nitrogens with two attached hydrogens (primary N) is 1. The van der Waals surface area contributed by atoms with E-state index in [-0.39, 0.29) is 0 Å². The first-order valence-electron chi connectivity index (χ1n) is 4.80. The second kappa shape index (κ2) is 4.05. The van der Waals surface area contributed by atoms with Crippen LogP contribution in [0.15, 0.2) is 48.5 Å². The molecular formula is C13H13NO. The van der Waals surface area contributed by atoms with Crippen molar-refractivity contribution in [1.82, 2.24) is 0 Å². The number of para-hydroxylation sites is 1. The molecule has 0 saturated carbocycles. The van der Waals surface area contributed by atoms with Crippen LogP contribution in [0.5, 0.6) is 5.75 Å². The molecule has 76 valence electrons. The molecule has 0 saturated heterocycles. The zero-order chi connectivity index (χ0) is 10.7. The fourth-order valence-corrected chi connectivity index (χ4v) is 1.55. The van der Waals surface area contributed by atoms with Gasteiger partial charge in [0.1, 0.15) is 5.75 Å². The Morgan fingerprint density at radius 2 is 1.60 bits per heavy atom. The van der Waals surface area contributed by atoms with Crippen LogP contribution in [-0.2, 0) is 0 Å². The van der Waals surface area contributed by atoms with Crippen molar-refractivity contribution in [2.24, 2.45) is 0 Å². The van der Waals surface area contributed by atoms with Crippen molar-refractivity contribution in [2.75, 3.05) is 12.8 Å². The summed E-state index contributed by atoms with van der Waals surface area (Å²) in [5.74, 6) is 0.877. The highest BCUT2D eigenvalue weighted by Gasteiger charge is 2.03. The normalized spacial score (nSPS) is 9.93. The minimum atomic E-state index is 0.772. The van der Waals surface area contributed by atoms with Crippen molar-refractivity contribution in [3.05, 3.63) is 48.5 Å². The summed E-state index contributed by atoms with van der Waals surface area (Å²) in [5, 5.41) is 0. The fraction of sp³-hybridized carbons (Fsp3) is 0.0769. The zero-order valence-corrected chi connectivity index (χ0v) is 8.60. The van der Waals surface area contributed by atoms with Crippen molar-refractivity contribution in [2.45, 2.75) is 0 Å². The molecular weight excluding hydrogens is 186 g/mol. The predicted molar refractivity (Wildman–Crippen MR) is 62.8 cm³/mol. The van der Waals surface area contributed by atoms with E-state index >= 15 is 0 Å². The van der Waals surface area contributed by atoms with Gasteiger partial charge in [0, 0.05) is 11.3 Å². The number of nitrogen functional groups attached to an aromatic ring is 1. The summed E-state index contributed by atoms with van der Waals surface area (Å²) in [4.78, 5) is 0. The van der Waals surface area contributed by atoms with E-state index in [9.17, 15) is 0 Å². The molecule has 0 fully saturated rings. The van der Waals surface area contributed by atoms with Gasteiger partial charge < -0.3 is 10.5 Å². The molecule has 0 atom stereocenters. The number of benzene rings is 2. The second-order valence-corrected chi connectivity index (χ2v) is 3.32. The summed E-state index contributed by atoms with van der Waals surface area (Å²) in [5.41, 5.74) is 8.61. The molecule has 0 amide bonds. The van der Waals surface area contributed by atoms with Gasteiger partial charge in [-0.25, -0.2) is 0 Å². The van der Waals surface area contributed by atoms with Crippen molar-refractivity contribution in [3.8, 4) is 16.9 Å². The Morgan fingerprint density at radius 3 is 2.27 bits per heavy atom. The SMILES string of the molecule is COc1ccccc1-c1ccc(N)cc1. The number of methoxy groups -OCH3 is 1. The quantitative estimate of drug-likeness (QED) is 0.755. The highest BCUT2D eigenvalue weighted by Crippen LogP contribution is 2.29.